The lowest BCUT2D eigenvalue weighted by Crippen LogP contribution is -2.29. The van der Waals surface area contributed by atoms with E-state index in [0.29, 0.717) is 47.3 Å². The minimum Gasteiger partial charge on any atom is -0.507 e. The van der Waals surface area contributed by atoms with E-state index in [9.17, 15) is 14.7 Å². The van der Waals surface area contributed by atoms with Crippen LogP contribution in [0.4, 0.5) is 0 Å². The molecule has 194 valence electrons. The number of aliphatic hydroxyl groups is 1. The van der Waals surface area contributed by atoms with Crippen LogP contribution in [-0.2, 0) is 16.1 Å². The second-order valence-corrected chi connectivity index (χ2v) is 9.26. The van der Waals surface area contributed by atoms with Crippen molar-refractivity contribution in [3.63, 3.8) is 0 Å². The Hall–Kier alpha value is -5.04. The van der Waals surface area contributed by atoms with E-state index in [1.807, 2.05) is 66.7 Å². The fourth-order valence-electron chi connectivity index (χ4n) is 4.89. The molecule has 2 aliphatic heterocycles. The van der Waals surface area contributed by atoms with Crippen LogP contribution < -0.4 is 14.2 Å². The predicted molar refractivity (Wildman–Crippen MR) is 145 cm³/mol. The first kappa shape index (κ1) is 24.3. The van der Waals surface area contributed by atoms with Crippen LogP contribution >= 0.6 is 0 Å². The number of para-hydroxylation sites is 1. The molecule has 6 rings (SSSR count). The Bertz CT molecular complexity index is 1560. The lowest BCUT2D eigenvalue weighted by atomic mass is 9.94. The summed E-state index contributed by atoms with van der Waals surface area (Å²) in [4.78, 5) is 28.4. The molecule has 0 radical (unpaired) electrons. The van der Waals surface area contributed by atoms with Crippen molar-refractivity contribution in [3.8, 4) is 23.0 Å². The number of likely N-dealkylation sites (tertiary alicyclic amines) is 1. The number of nitrogens with zero attached hydrogens (tertiary/aromatic N) is 1. The van der Waals surface area contributed by atoms with Crippen molar-refractivity contribution in [2.24, 2.45) is 0 Å². The van der Waals surface area contributed by atoms with Crippen LogP contribution in [0, 0.1) is 0 Å². The van der Waals surface area contributed by atoms with E-state index in [2.05, 4.69) is 0 Å². The molecule has 1 amide bonds. The van der Waals surface area contributed by atoms with Crippen LogP contribution in [0.5, 0.6) is 23.0 Å². The standard InChI is InChI=1S/C32H25NO6/c34-30(23-14-15-26-27(19-23)38-17-16-37-26)28-29(33(32(36)31(28)35)20-21-8-3-1-4-9-21)22-10-7-13-25(18-22)39-24-11-5-2-6-12-24/h1-15,18-19,29,34H,16-17,20H2/t29-/m0/s1. The van der Waals surface area contributed by atoms with Crippen LogP contribution in [0.15, 0.2) is 109 Å². The zero-order valence-electron chi connectivity index (χ0n) is 20.9. The van der Waals surface area contributed by atoms with Gasteiger partial charge in [0.05, 0.1) is 11.6 Å². The van der Waals surface area contributed by atoms with Crippen molar-refractivity contribution < 1.29 is 28.9 Å². The van der Waals surface area contributed by atoms with Gasteiger partial charge in [0.15, 0.2) is 11.5 Å². The Morgan fingerprint density at radius 2 is 1.49 bits per heavy atom. The van der Waals surface area contributed by atoms with Gasteiger partial charge in [-0.15, -0.1) is 0 Å². The molecule has 0 aromatic heterocycles. The van der Waals surface area contributed by atoms with Gasteiger partial charge < -0.3 is 24.2 Å². The van der Waals surface area contributed by atoms with Gasteiger partial charge in [-0.25, -0.2) is 0 Å². The molecule has 2 heterocycles. The molecule has 0 bridgehead atoms. The summed E-state index contributed by atoms with van der Waals surface area (Å²) in [5, 5.41) is 11.5. The smallest absolute Gasteiger partial charge is 0.295 e. The number of carbonyl (C=O) groups excluding carboxylic acids is 2. The summed E-state index contributed by atoms with van der Waals surface area (Å²) in [6.45, 7) is 1.01. The van der Waals surface area contributed by atoms with Crippen LogP contribution in [0.3, 0.4) is 0 Å². The quantitative estimate of drug-likeness (QED) is 0.195. The first-order valence-electron chi connectivity index (χ1n) is 12.6. The van der Waals surface area contributed by atoms with Crippen LogP contribution in [0.2, 0.25) is 0 Å². The SMILES string of the molecule is O=C1C(=O)N(Cc2ccccc2)[C@@H](c2cccc(Oc3ccccc3)c2)C1=C(O)c1ccc2c(c1)OCCO2. The van der Waals surface area contributed by atoms with E-state index in [1.54, 1.807) is 36.4 Å². The van der Waals surface area contributed by atoms with Crippen molar-refractivity contribution in [1.29, 1.82) is 0 Å². The molecule has 1 atom stereocenters. The third kappa shape index (κ3) is 4.82. The number of Topliss-reactive ketones (excluding diaryl/α,β-unsaturated/α-hetero) is 1. The maximum atomic E-state index is 13.5. The highest BCUT2D eigenvalue weighted by Gasteiger charge is 2.46. The fourth-order valence-corrected chi connectivity index (χ4v) is 4.89. The first-order chi connectivity index (χ1) is 19.1. The highest BCUT2D eigenvalue weighted by atomic mass is 16.6. The Balaban J connectivity index is 1.45. The minimum atomic E-state index is -0.835. The van der Waals surface area contributed by atoms with E-state index < -0.39 is 17.7 Å². The highest BCUT2D eigenvalue weighted by Crippen LogP contribution is 2.42. The number of ether oxygens (including phenoxy) is 3. The molecule has 7 heteroatoms. The van der Waals surface area contributed by atoms with Gasteiger partial charge in [-0.2, -0.15) is 0 Å². The molecule has 4 aromatic rings. The van der Waals surface area contributed by atoms with E-state index in [1.165, 1.54) is 4.90 Å². The van der Waals surface area contributed by atoms with Gasteiger partial charge in [0.25, 0.3) is 11.7 Å². The lowest BCUT2D eigenvalue weighted by molar-refractivity contribution is -0.140. The summed E-state index contributed by atoms with van der Waals surface area (Å²) in [5.41, 5.74) is 1.86. The third-order valence-electron chi connectivity index (χ3n) is 6.70. The molecule has 0 unspecified atom stereocenters. The van der Waals surface area contributed by atoms with Gasteiger partial charge in [0.2, 0.25) is 0 Å². The summed E-state index contributed by atoms with van der Waals surface area (Å²) in [7, 11) is 0. The van der Waals surface area contributed by atoms with Crippen molar-refractivity contribution in [1.82, 2.24) is 4.90 Å². The zero-order chi connectivity index (χ0) is 26.8. The van der Waals surface area contributed by atoms with E-state index in [-0.39, 0.29) is 17.9 Å². The van der Waals surface area contributed by atoms with Crippen molar-refractivity contribution >= 4 is 17.4 Å². The van der Waals surface area contributed by atoms with Crippen LogP contribution in [0.1, 0.15) is 22.7 Å². The number of carbonyl (C=O) groups is 2. The monoisotopic (exact) mass is 519 g/mol. The molecule has 0 aliphatic carbocycles. The first-order valence-corrected chi connectivity index (χ1v) is 12.6. The van der Waals surface area contributed by atoms with E-state index in [0.717, 1.165) is 5.56 Å². The Morgan fingerprint density at radius 1 is 0.795 bits per heavy atom. The highest BCUT2D eigenvalue weighted by molar-refractivity contribution is 6.46. The molecule has 4 aromatic carbocycles. The second kappa shape index (κ2) is 10.4. The number of amides is 1. The Morgan fingerprint density at radius 3 is 2.26 bits per heavy atom. The third-order valence-corrected chi connectivity index (χ3v) is 6.70. The molecular formula is C32H25NO6. The van der Waals surface area contributed by atoms with Crippen LogP contribution in [-0.4, -0.2) is 34.9 Å². The van der Waals surface area contributed by atoms with E-state index >= 15 is 0 Å². The van der Waals surface area contributed by atoms with Crippen LogP contribution in [0.25, 0.3) is 5.76 Å². The average molecular weight is 520 g/mol. The number of rotatable bonds is 6. The van der Waals surface area contributed by atoms with E-state index in [4.69, 9.17) is 14.2 Å². The minimum absolute atomic E-state index is 0.00414. The summed E-state index contributed by atoms with van der Waals surface area (Å²) in [6, 6.07) is 30.1. The maximum Gasteiger partial charge on any atom is 0.295 e. The van der Waals surface area contributed by atoms with Gasteiger partial charge >= 0.3 is 0 Å². The number of hydrogen-bond donors (Lipinski definition) is 1. The molecule has 0 spiro atoms. The second-order valence-electron chi connectivity index (χ2n) is 9.26. The Kier molecular flexibility index (Phi) is 6.47. The molecule has 7 nitrogen and oxygen atoms in total. The average Bonchev–Trinajstić information content (AvgIpc) is 3.22. The zero-order valence-corrected chi connectivity index (χ0v) is 20.9. The molecular weight excluding hydrogens is 494 g/mol. The largest absolute Gasteiger partial charge is 0.507 e. The maximum absolute atomic E-state index is 13.5. The topological polar surface area (TPSA) is 85.3 Å². The summed E-state index contributed by atoms with van der Waals surface area (Å²) < 4.78 is 17.3. The molecule has 39 heavy (non-hydrogen) atoms. The lowest BCUT2D eigenvalue weighted by Gasteiger charge is -2.26. The number of hydrogen-bond acceptors (Lipinski definition) is 6. The molecule has 2 aliphatic rings. The predicted octanol–water partition coefficient (Wildman–Crippen LogP) is 5.87. The fraction of sp³-hybridized carbons (Fsp3) is 0.125. The van der Waals surface area contributed by atoms with Gasteiger partial charge in [-0.05, 0) is 53.6 Å². The number of ketones is 1. The molecule has 0 saturated carbocycles. The van der Waals surface area contributed by atoms with Gasteiger partial charge in [0.1, 0.15) is 30.5 Å². The number of benzene rings is 4. The number of fused-ring (bicyclic) bond motifs is 1. The van der Waals surface area contributed by atoms with Crippen molar-refractivity contribution in [2.45, 2.75) is 12.6 Å². The molecule has 1 fully saturated rings. The van der Waals surface area contributed by atoms with Gasteiger partial charge in [0, 0.05) is 12.1 Å². The molecule has 1 saturated heterocycles. The Labute approximate surface area is 225 Å². The van der Waals surface area contributed by atoms with Crippen molar-refractivity contribution in [3.05, 3.63) is 125 Å². The van der Waals surface area contributed by atoms with Gasteiger partial charge in [-0.1, -0.05) is 60.7 Å². The summed E-state index contributed by atoms with van der Waals surface area (Å²) in [5.74, 6) is 0.520. The molecule has 1 N–H and O–H groups in total. The normalized spacial score (nSPS) is 17.7. The number of aliphatic hydroxyl groups excluding tert-OH is 1. The summed E-state index contributed by atoms with van der Waals surface area (Å²) >= 11 is 0. The van der Waals surface area contributed by atoms with Crippen molar-refractivity contribution in [2.75, 3.05) is 13.2 Å². The van der Waals surface area contributed by atoms with Gasteiger partial charge in [-0.3, -0.25) is 9.59 Å². The summed E-state index contributed by atoms with van der Waals surface area (Å²) in [6.07, 6.45) is 0.